The zero-order chi connectivity index (χ0) is 19.1. The van der Waals surface area contributed by atoms with Crippen LogP contribution in [-0.4, -0.2) is 0 Å². The van der Waals surface area contributed by atoms with Crippen LogP contribution < -0.4 is 0 Å². The van der Waals surface area contributed by atoms with Gasteiger partial charge in [0.2, 0.25) is 0 Å². The third-order valence-corrected chi connectivity index (χ3v) is 6.58. The maximum absolute atomic E-state index is 13.4. The molecule has 0 N–H and O–H groups in total. The molecule has 0 saturated heterocycles. The predicted molar refractivity (Wildman–Crippen MR) is 114 cm³/mol. The van der Waals surface area contributed by atoms with E-state index in [9.17, 15) is 4.39 Å². The Kier molecular flexibility index (Phi) is 7.50. The summed E-state index contributed by atoms with van der Waals surface area (Å²) in [6.45, 7) is 4.73. The second-order valence-electron chi connectivity index (χ2n) is 8.67. The first-order valence-electron chi connectivity index (χ1n) is 11.0. The van der Waals surface area contributed by atoms with Crippen molar-refractivity contribution in [2.24, 2.45) is 17.8 Å². The molecule has 1 fully saturated rings. The number of unbranched alkanes of at least 4 members (excludes halogenated alkanes) is 2. The van der Waals surface area contributed by atoms with Crippen LogP contribution in [0, 0.1) is 23.6 Å². The lowest BCUT2D eigenvalue weighted by molar-refractivity contribution is 0.204. The Bertz CT molecular complexity index is 680. The van der Waals surface area contributed by atoms with Gasteiger partial charge in [-0.15, -0.1) is 0 Å². The van der Waals surface area contributed by atoms with E-state index in [0.717, 1.165) is 35.3 Å². The second kappa shape index (κ2) is 10.1. The van der Waals surface area contributed by atoms with Gasteiger partial charge in [0.25, 0.3) is 0 Å². The van der Waals surface area contributed by atoms with E-state index in [4.69, 9.17) is 0 Å². The Morgan fingerprint density at radius 2 is 1.67 bits per heavy atom. The van der Waals surface area contributed by atoms with Gasteiger partial charge < -0.3 is 0 Å². The van der Waals surface area contributed by atoms with E-state index in [0.29, 0.717) is 0 Å². The van der Waals surface area contributed by atoms with Crippen molar-refractivity contribution in [3.8, 4) is 11.1 Å². The molecule has 0 bridgehead atoms. The SMILES string of the molecule is CCCCCC1CCC(C(C)Cc2ccc(-c3cccc(F)c3)cc2)CC1. The third-order valence-electron chi connectivity index (χ3n) is 6.58. The Morgan fingerprint density at radius 1 is 0.926 bits per heavy atom. The van der Waals surface area contributed by atoms with Crippen LogP contribution in [0.15, 0.2) is 48.5 Å². The quantitative estimate of drug-likeness (QED) is 0.414. The molecule has 146 valence electrons. The first kappa shape index (κ1) is 20.1. The normalized spacial score (nSPS) is 21.1. The minimum Gasteiger partial charge on any atom is -0.207 e. The number of benzene rings is 2. The van der Waals surface area contributed by atoms with Crippen molar-refractivity contribution in [1.82, 2.24) is 0 Å². The molecule has 3 rings (SSSR count). The molecule has 2 aromatic carbocycles. The lowest BCUT2D eigenvalue weighted by Gasteiger charge is -2.32. The van der Waals surface area contributed by atoms with E-state index < -0.39 is 0 Å². The Hall–Kier alpha value is -1.63. The van der Waals surface area contributed by atoms with Crippen LogP contribution in [-0.2, 0) is 6.42 Å². The third kappa shape index (κ3) is 5.92. The largest absolute Gasteiger partial charge is 0.207 e. The fraction of sp³-hybridized carbons (Fsp3) is 0.538. The van der Waals surface area contributed by atoms with Gasteiger partial charge in [-0.3, -0.25) is 0 Å². The van der Waals surface area contributed by atoms with E-state index in [1.807, 2.05) is 6.07 Å². The Balaban J connectivity index is 1.49. The molecule has 0 spiro atoms. The summed E-state index contributed by atoms with van der Waals surface area (Å²) in [5, 5.41) is 0. The summed E-state index contributed by atoms with van der Waals surface area (Å²) in [6, 6.07) is 15.6. The summed E-state index contributed by atoms with van der Waals surface area (Å²) >= 11 is 0. The summed E-state index contributed by atoms with van der Waals surface area (Å²) in [7, 11) is 0. The predicted octanol–water partition coefficient (Wildman–Crippen LogP) is 8.06. The van der Waals surface area contributed by atoms with Crippen LogP contribution in [0.3, 0.4) is 0 Å². The molecule has 1 aliphatic rings. The van der Waals surface area contributed by atoms with Crippen molar-refractivity contribution in [3.05, 3.63) is 59.9 Å². The molecule has 0 amide bonds. The molecule has 0 heterocycles. The zero-order valence-corrected chi connectivity index (χ0v) is 17.1. The van der Waals surface area contributed by atoms with Crippen molar-refractivity contribution < 1.29 is 4.39 Å². The summed E-state index contributed by atoms with van der Waals surface area (Å²) < 4.78 is 13.4. The minimum absolute atomic E-state index is 0.171. The maximum atomic E-state index is 13.4. The van der Waals surface area contributed by atoms with Crippen LogP contribution in [0.1, 0.15) is 70.8 Å². The first-order valence-corrected chi connectivity index (χ1v) is 11.0. The highest BCUT2D eigenvalue weighted by Crippen LogP contribution is 2.37. The molecule has 0 radical (unpaired) electrons. The topological polar surface area (TPSA) is 0 Å². The van der Waals surface area contributed by atoms with Gasteiger partial charge in [0.15, 0.2) is 0 Å². The molecular formula is C26H35F. The molecule has 0 nitrogen and oxygen atoms in total. The Morgan fingerprint density at radius 3 is 2.33 bits per heavy atom. The molecule has 1 atom stereocenters. The van der Waals surface area contributed by atoms with Gasteiger partial charge in [0.1, 0.15) is 5.82 Å². The van der Waals surface area contributed by atoms with Crippen LogP contribution >= 0.6 is 0 Å². The number of halogens is 1. The van der Waals surface area contributed by atoms with E-state index in [-0.39, 0.29) is 5.82 Å². The molecule has 1 heteroatoms. The van der Waals surface area contributed by atoms with Crippen molar-refractivity contribution in [2.75, 3.05) is 0 Å². The van der Waals surface area contributed by atoms with Gasteiger partial charge in [-0.2, -0.15) is 0 Å². The lowest BCUT2D eigenvalue weighted by atomic mass is 9.73. The van der Waals surface area contributed by atoms with Gasteiger partial charge in [-0.05, 0) is 65.8 Å². The molecule has 1 aliphatic carbocycles. The maximum Gasteiger partial charge on any atom is 0.123 e. The lowest BCUT2D eigenvalue weighted by Crippen LogP contribution is -2.21. The first-order chi connectivity index (χ1) is 13.2. The van der Waals surface area contributed by atoms with Gasteiger partial charge in [-0.25, -0.2) is 4.39 Å². The standard InChI is InChI=1S/C26H35F/c1-3-4-5-7-21-10-14-23(15-11-21)20(2)18-22-12-16-24(17-13-22)25-8-6-9-26(27)19-25/h6,8-9,12-13,16-17,19-21,23H,3-5,7,10-11,14-15,18H2,1-2H3. The van der Waals surface area contributed by atoms with Crippen LogP contribution in [0.4, 0.5) is 4.39 Å². The molecule has 0 aromatic heterocycles. The summed E-state index contributed by atoms with van der Waals surface area (Å²) in [6.07, 6.45) is 12.5. The number of rotatable bonds is 8. The van der Waals surface area contributed by atoms with Crippen LogP contribution in [0.2, 0.25) is 0 Å². The molecule has 1 saturated carbocycles. The number of hydrogen-bond acceptors (Lipinski definition) is 0. The molecule has 2 aromatic rings. The molecule has 0 aliphatic heterocycles. The van der Waals surface area contributed by atoms with Crippen molar-refractivity contribution >= 4 is 0 Å². The molecule has 27 heavy (non-hydrogen) atoms. The molecule has 1 unspecified atom stereocenters. The van der Waals surface area contributed by atoms with E-state index >= 15 is 0 Å². The monoisotopic (exact) mass is 366 g/mol. The Labute approximate surface area is 165 Å². The zero-order valence-electron chi connectivity index (χ0n) is 17.1. The van der Waals surface area contributed by atoms with Crippen molar-refractivity contribution in [3.63, 3.8) is 0 Å². The van der Waals surface area contributed by atoms with E-state index in [1.54, 1.807) is 12.1 Å². The van der Waals surface area contributed by atoms with Crippen LogP contribution in [0.5, 0.6) is 0 Å². The highest BCUT2D eigenvalue weighted by Gasteiger charge is 2.25. The number of hydrogen-bond donors (Lipinski definition) is 0. The highest BCUT2D eigenvalue weighted by molar-refractivity contribution is 5.63. The van der Waals surface area contributed by atoms with Gasteiger partial charge in [-0.1, -0.05) is 88.8 Å². The summed E-state index contributed by atoms with van der Waals surface area (Å²) in [5.41, 5.74) is 3.46. The fourth-order valence-electron chi connectivity index (χ4n) is 4.77. The fourth-order valence-corrected chi connectivity index (χ4v) is 4.77. The van der Waals surface area contributed by atoms with E-state index in [1.165, 1.54) is 63.0 Å². The highest BCUT2D eigenvalue weighted by atomic mass is 19.1. The van der Waals surface area contributed by atoms with Crippen molar-refractivity contribution in [1.29, 1.82) is 0 Å². The van der Waals surface area contributed by atoms with Gasteiger partial charge >= 0.3 is 0 Å². The summed E-state index contributed by atoms with van der Waals surface area (Å²) in [5.74, 6) is 2.46. The van der Waals surface area contributed by atoms with Crippen LogP contribution in [0.25, 0.3) is 11.1 Å². The smallest absolute Gasteiger partial charge is 0.123 e. The van der Waals surface area contributed by atoms with Gasteiger partial charge in [0, 0.05) is 0 Å². The average Bonchev–Trinajstić information content (AvgIpc) is 2.69. The minimum atomic E-state index is -0.171. The molecular weight excluding hydrogens is 331 g/mol. The van der Waals surface area contributed by atoms with Gasteiger partial charge in [0.05, 0.1) is 0 Å². The summed E-state index contributed by atoms with van der Waals surface area (Å²) in [4.78, 5) is 0. The average molecular weight is 367 g/mol. The second-order valence-corrected chi connectivity index (χ2v) is 8.67. The van der Waals surface area contributed by atoms with E-state index in [2.05, 4.69) is 38.1 Å². The van der Waals surface area contributed by atoms with Crippen molar-refractivity contribution in [2.45, 2.75) is 71.6 Å².